The van der Waals surface area contributed by atoms with Gasteiger partial charge in [-0.25, -0.2) is 4.98 Å². The molecule has 0 atom stereocenters. The highest BCUT2D eigenvalue weighted by atomic mass is 16.2. The number of aromatic amines is 1. The number of imidazole rings is 1. The molecule has 0 spiro atoms. The van der Waals surface area contributed by atoms with Crippen LogP contribution >= 0.6 is 0 Å². The van der Waals surface area contributed by atoms with Gasteiger partial charge in [0.05, 0.1) is 19.1 Å². The molecule has 2 aromatic rings. The molecular formula is C18H22N4O2. The van der Waals surface area contributed by atoms with Crippen LogP contribution in [0, 0.1) is 5.92 Å². The first-order valence-corrected chi connectivity index (χ1v) is 8.30. The third-order valence-electron chi connectivity index (χ3n) is 4.48. The van der Waals surface area contributed by atoms with E-state index in [1.807, 2.05) is 11.0 Å². The van der Waals surface area contributed by atoms with Crippen LogP contribution in [0.2, 0.25) is 0 Å². The zero-order valence-corrected chi connectivity index (χ0v) is 13.6. The van der Waals surface area contributed by atoms with E-state index in [9.17, 15) is 9.59 Å². The predicted octanol–water partition coefficient (Wildman–Crippen LogP) is 1.62. The molecule has 24 heavy (non-hydrogen) atoms. The number of carbonyl (C=O) groups is 2. The summed E-state index contributed by atoms with van der Waals surface area (Å²) in [5.74, 6) is 0.289. The molecule has 1 aromatic heterocycles. The van der Waals surface area contributed by atoms with Crippen molar-refractivity contribution in [3.8, 4) is 0 Å². The van der Waals surface area contributed by atoms with Gasteiger partial charge in [-0.3, -0.25) is 9.59 Å². The summed E-state index contributed by atoms with van der Waals surface area (Å²) in [7, 11) is 0. The van der Waals surface area contributed by atoms with Gasteiger partial charge in [0.25, 0.3) is 5.91 Å². The monoisotopic (exact) mass is 326 g/mol. The Morgan fingerprint density at radius 3 is 2.62 bits per heavy atom. The van der Waals surface area contributed by atoms with Crippen LogP contribution in [0.1, 0.15) is 28.9 Å². The van der Waals surface area contributed by atoms with Gasteiger partial charge in [0.2, 0.25) is 5.91 Å². The van der Waals surface area contributed by atoms with E-state index >= 15 is 0 Å². The summed E-state index contributed by atoms with van der Waals surface area (Å²) < 4.78 is 0. The first-order valence-electron chi connectivity index (χ1n) is 8.30. The SMILES string of the molecule is O=C(NCC(=O)N1CCC(Cc2ccccc2)CC1)c1cnc[nH]1. The molecule has 0 radical (unpaired) electrons. The van der Waals surface area contributed by atoms with Gasteiger partial charge in [0.1, 0.15) is 5.69 Å². The third-order valence-corrected chi connectivity index (χ3v) is 4.48. The maximum Gasteiger partial charge on any atom is 0.269 e. The Kier molecular flexibility index (Phi) is 5.25. The average Bonchev–Trinajstić information content (AvgIpc) is 3.16. The summed E-state index contributed by atoms with van der Waals surface area (Å²) >= 11 is 0. The number of likely N-dealkylation sites (tertiary alicyclic amines) is 1. The first-order chi connectivity index (χ1) is 11.7. The number of benzene rings is 1. The van der Waals surface area contributed by atoms with Gasteiger partial charge < -0.3 is 15.2 Å². The minimum absolute atomic E-state index is 0.0268. The van der Waals surface area contributed by atoms with Crippen LogP contribution < -0.4 is 5.32 Å². The zero-order chi connectivity index (χ0) is 16.8. The lowest BCUT2D eigenvalue weighted by Gasteiger charge is -2.32. The predicted molar refractivity (Wildman–Crippen MR) is 90.4 cm³/mol. The molecule has 2 heterocycles. The van der Waals surface area contributed by atoms with Crippen molar-refractivity contribution in [3.63, 3.8) is 0 Å². The van der Waals surface area contributed by atoms with Crippen molar-refractivity contribution in [3.05, 3.63) is 54.1 Å². The van der Waals surface area contributed by atoms with Crippen LogP contribution in [0.4, 0.5) is 0 Å². The van der Waals surface area contributed by atoms with Crippen molar-refractivity contribution in [2.75, 3.05) is 19.6 Å². The minimum atomic E-state index is -0.306. The molecule has 2 N–H and O–H groups in total. The molecule has 3 rings (SSSR count). The molecule has 2 amide bonds. The van der Waals surface area contributed by atoms with Gasteiger partial charge in [0, 0.05) is 13.1 Å². The van der Waals surface area contributed by atoms with Crippen LogP contribution in [-0.2, 0) is 11.2 Å². The maximum absolute atomic E-state index is 12.2. The number of hydrogen-bond donors (Lipinski definition) is 2. The molecule has 1 fully saturated rings. The Balaban J connectivity index is 1.41. The second kappa shape index (κ2) is 7.77. The molecule has 0 aliphatic carbocycles. The van der Waals surface area contributed by atoms with Gasteiger partial charge in [-0.1, -0.05) is 30.3 Å². The molecule has 6 nitrogen and oxygen atoms in total. The lowest BCUT2D eigenvalue weighted by atomic mass is 9.90. The van der Waals surface area contributed by atoms with E-state index in [-0.39, 0.29) is 18.4 Å². The van der Waals surface area contributed by atoms with Crippen molar-refractivity contribution in [2.45, 2.75) is 19.3 Å². The van der Waals surface area contributed by atoms with E-state index in [0.717, 1.165) is 32.4 Å². The number of rotatable bonds is 5. The number of aromatic nitrogens is 2. The zero-order valence-electron chi connectivity index (χ0n) is 13.6. The standard InChI is InChI=1S/C18H22N4O2/c23-17(12-20-18(24)16-11-19-13-21-16)22-8-6-15(7-9-22)10-14-4-2-1-3-5-14/h1-5,11,13,15H,6-10,12H2,(H,19,21)(H,20,24). The second-order valence-corrected chi connectivity index (χ2v) is 6.16. The lowest BCUT2D eigenvalue weighted by Crippen LogP contribution is -2.44. The maximum atomic E-state index is 12.2. The van der Waals surface area contributed by atoms with Gasteiger partial charge in [0.15, 0.2) is 0 Å². The molecule has 1 aliphatic heterocycles. The lowest BCUT2D eigenvalue weighted by molar-refractivity contribution is -0.131. The van der Waals surface area contributed by atoms with Crippen molar-refractivity contribution in [2.24, 2.45) is 5.92 Å². The summed E-state index contributed by atoms with van der Waals surface area (Å²) in [5, 5.41) is 2.63. The van der Waals surface area contributed by atoms with Gasteiger partial charge >= 0.3 is 0 Å². The fourth-order valence-corrected chi connectivity index (χ4v) is 3.08. The smallest absolute Gasteiger partial charge is 0.269 e. The molecule has 1 saturated heterocycles. The van der Waals surface area contributed by atoms with Crippen molar-refractivity contribution < 1.29 is 9.59 Å². The van der Waals surface area contributed by atoms with E-state index in [4.69, 9.17) is 0 Å². The third kappa shape index (κ3) is 4.22. The summed E-state index contributed by atoms with van der Waals surface area (Å²) in [5.41, 5.74) is 1.72. The number of H-pyrrole nitrogens is 1. The van der Waals surface area contributed by atoms with Crippen LogP contribution in [0.5, 0.6) is 0 Å². The summed E-state index contributed by atoms with van der Waals surface area (Å²) in [6.07, 6.45) is 5.97. The molecule has 6 heteroatoms. The quantitative estimate of drug-likeness (QED) is 0.876. The summed E-state index contributed by atoms with van der Waals surface area (Å²) in [6, 6.07) is 10.5. The van der Waals surface area contributed by atoms with E-state index in [0.29, 0.717) is 11.6 Å². The summed E-state index contributed by atoms with van der Waals surface area (Å²) in [6.45, 7) is 1.55. The van der Waals surface area contributed by atoms with Crippen molar-refractivity contribution in [1.82, 2.24) is 20.2 Å². The van der Waals surface area contributed by atoms with Crippen LogP contribution in [0.15, 0.2) is 42.9 Å². The van der Waals surface area contributed by atoms with Crippen molar-refractivity contribution in [1.29, 1.82) is 0 Å². The largest absolute Gasteiger partial charge is 0.342 e. The molecular weight excluding hydrogens is 304 g/mol. The molecule has 1 aromatic carbocycles. The normalized spacial score (nSPS) is 15.2. The Hall–Kier alpha value is -2.63. The highest BCUT2D eigenvalue weighted by molar-refractivity contribution is 5.94. The number of nitrogens with zero attached hydrogens (tertiary/aromatic N) is 2. The Bertz CT molecular complexity index is 662. The van der Waals surface area contributed by atoms with Crippen molar-refractivity contribution >= 4 is 11.8 Å². The highest BCUT2D eigenvalue weighted by Crippen LogP contribution is 2.21. The fourth-order valence-electron chi connectivity index (χ4n) is 3.08. The topological polar surface area (TPSA) is 78.1 Å². The Morgan fingerprint density at radius 1 is 1.21 bits per heavy atom. The van der Waals surface area contributed by atoms with E-state index in [1.165, 1.54) is 18.1 Å². The number of piperidine rings is 1. The number of hydrogen-bond acceptors (Lipinski definition) is 3. The van der Waals surface area contributed by atoms with E-state index < -0.39 is 0 Å². The molecule has 0 bridgehead atoms. The Morgan fingerprint density at radius 2 is 1.96 bits per heavy atom. The van der Waals surface area contributed by atoms with Crippen LogP contribution in [0.25, 0.3) is 0 Å². The van der Waals surface area contributed by atoms with Gasteiger partial charge in [-0.15, -0.1) is 0 Å². The number of nitrogens with one attached hydrogen (secondary N) is 2. The summed E-state index contributed by atoms with van der Waals surface area (Å²) in [4.78, 5) is 32.4. The Labute approximate surface area is 141 Å². The minimum Gasteiger partial charge on any atom is -0.342 e. The van der Waals surface area contributed by atoms with Gasteiger partial charge in [-0.2, -0.15) is 0 Å². The van der Waals surface area contributed by atoms with E-state index in [1.54, 1.807) is 0 Å². The average molecular weight is 326 g/mol. The second-order valence-electron chi connectivity index (χ2n) is 6.16. The van der Waals surface area contributed by atoms with Crippen LogP contribution in [0.3, 0.4) is 0 Å². The number of carbonyl (C=O) groups excluding carboxylic acids is 2. The molecule has 0 saturated carbocycles. The van der Waals surface area contributed by atoms with Crippen LogP contribution in [-0.4, -0.2) is 46.3 Å². The first kappa shape index (κ1) is 16.2. The van der Waals surface area contributed by atoms with E-state index in [2.05, 4.69) is 39.6 Å². The molecule has 0 unspecified atom stereocenters. The van der Waals surface area contributed by atoms with Gasteiger partial charge in [-0.05, 0) is 30.7 Å². The highest BCUT2D eigenvalue weighted by Gasteiger charge is 2.23. The fraction of sp³-hybridized carbons (Fsp3) is 0.389. The molecule has 1 aliphatic rings. The number of amides is 2. The molecule has 126 valence electrons.